The molecule has 0 atom stereocenters. The molecule has 1 aromatic heterocycles. The number of pyridine rings is 1. The van der Waals surface area contributed by atoms with E-state index in [1.54, 1.807) is 18.2 Å². The molecule has 1 heterocycles. The maximum atomic E-state index is 12.5. The van der Waals surface area contributed by atoms with Crippen LogP contribution in [0.15, 0.2) is 30.6 Å². The minimum absolute atomic E-state index is 0.205. The summed E-state index contributed by atoms with van der Waals surface area (Å²) in [5, 5.41) is 3.13. The van der Waals surface area contributed by atoms with Crippen LogP contribution in [0.2, 0.25) is 10.0 Å². The van der Waals surface area contributed by atoms with Gasteiger partial charge in [-0.1, -0.05) is 29.1 Å². The van der Waals surface area contributed by atoms with Gasteiger partial charge in [-0.15, -0.1) is 6.42 Å². The van der Waals surface area contributed by atoms with Crippen molar-refractivity contribution in [2.75, 3.05) is 32.2 Å². The normalized spacial score (nSPS) is 10.1. The average molecular weight is 395 g/mol. The van der Waals surface area contributed by atoms with Gasteiger partial charge in [0.25, 0.3) is 5.91 Å². The Labute approximate surface area is 161 Å². The highest BCUT2D eigenvalue weighted by atomic mass is 35.5. The summed E-state index contributed by atoms with van der Waals surface area (Å²) < 4.78 is 16.0. The second kappa shape index (κ2) is 9.88. The van der Waals surface area contributed by atoms with E-state index in [0.717, 1.165) is 0 Å². The van der Waals surface area contributed by atoms with Crippen molar-refractivity contribution >= 4 is 34.8 Å². The lowest BCUT2D eigenvalue weighted by atomic mass is 10.2. The van der Waals surface area contributed by atoms with Gasteiger partial charge >= 0.3 is 0 Å². The van der Waals surface area contributed by atoms with Crippen molar-refractivity contribution in [3.05, 3.63) is 46.2 Å². The molecular weight excluding hydrogens is 379 g/mol. The molecule has 0 bridgehead atoms. The van der Waals surface area contributed by atoms with Crippen LogP contribution in [0.25, 0.3) is 0 Å². The lowest BCUT2D eigenvalue weighted by Crippen LogP contribution is -2.13. The summed E-state index contributed by atoms with van der Waals surface area (Å²) in [6.07, 6.45) is 7.88. The summed E-state index contributed by atoms with van der Waals surface area (Å²) in [7, 11) is 1.51. The lowest BCUT2D eigenvalue weighted by Gasteiger charge is -2.13. The van der Waals surface area contributed by atoms with Crippen molar-refractivity contribution in [1.29, 1.82) is 0 Å². The summed E-state index contributed by atoms with van der Waals surface area (Å²) in [6.45, 7) is 0.771. The maximum Gasteiger partial charge on any atom is 0.255 e. The summed E-state index contributed by atoms with van der Waals surface area (Å²) >= 11 is 12.0. The Balaban J connectivity index is 2.12. The molecular formula is C18H16Cl2N2O4. The van der Waals surface area contributed by atoms with Crippen molar-refractivity contribution in [2.24, 2.45) is 0 Å². The van der Waals surface area contributed by atoms with Crippen molar-refractivity contribution in [3.63, 3.8) is 0 Å². The van der Waals surface area contributed by atoms with Gasteiger partial charge in [-0.3, -0.25) is 9.78 Å². The van der Waals surface area contributed by atoms with Gasteiger partial charge in [0.1, 0.15) is 13.2 Å². The number of nitrogens with one attached hydrogen (secondary N) is 1. The molecule has 6 nitrogen and oxygen atoms in total. The highest BCUT2D eigenvalue weighted by molar-refractivity contribution is 6.39. The van der Waals surface area contributed by atoms with Gasteiger partial charge in [0.2, 0.25) is 0 Å². The van der Waals surface area contributed by atoms with Crippen LogP contribution in [-0.2, 0) is 4.74 Å². The third kappa shape index (κ3) is 5.27. The van der Waals surface area contributed by atoms with Crippen molar-refractivity contribution < 1.29 is 19.0 Å². The molecule has 1 aromatic carbocycles. The molecule has 0 aliphatic rings. The number of hydrogen-bond donors (Lipinski definition) is 1. The van der Waals surface area contributed by atoms with Crippen LogP contribution in [0.3, 0.4) is 0 Å². The number of carbonyl (C=O) groups excluding carboxylic acids is 1. The minimum Gasteiger partial charge on any atom is -0.493 e. The number of amides is 1. The first-order valence-electron chi connectivity index (χ1n) is 7.49. The molecule has 0 saturated carbocycles. The van der Waals surface area contributed by atoms with E-state index in [-0.39, 0.29) is 28.9 Å². The van der Waals surface area contributed by atoms with Gasteiger partial charge in [0, 0.05) is 18.0 Å². The SMILES string of the molecule is C#CCOCCOc1cc(C(=O)Nc2c(Cl)cncc2Cl)ccc1OC. The third-order valence-electron chi connectivity index (χ3n) is 3.19. The summed E-state index contributed by atoms with van der Waals surface area (Å²) in [4.78, 5) is 16.3. The molecule has 0 aliphatic heterocycles. The molecule has 2 aromatic rings. The molecule has 0 saturated heterocycles. The molecule has 0 radical (unpaired) electrons. The van der Waals surface area contributed by atoms with Gasteiger partial charge in [-0.05, 0) is 18.2 Å². The van der Waals surface area contributed by atoms with Crippen molar-refractivity contribution in [3.8, 4) is 23.8 Å². The maximum absolute atomic E-state index is 12.5. The number of aromatic nitrogens is 1. The minimum atomic E-state index is -0.406. The molecule has 0 unspecified atom stereocenters. The van der Waals surface area contributed by atoms with Gasteiger partial charge in [-0.25, -0.2) is 0 Å². The quantitative estimate of drug-likeness (QED) is 0.546. The molecule has 0 fully saturated rings. The van der Waals surface area contributed by atoms with Crippen LogP contribution < -0.4 is 14.8 Å². The molecule has 1 N–H and O–H groups in total. The Morgan fingerprint density at radius 2 is 1.96 bits per heavy atom. The molecule has 0 aliphatic carbocycles. The number of nitrogens with zero attached hydrogens (tertiary/aromatic N) is 1. The number of anilines is 1. The first kappa shape index (κ1) is 19.9. The monoisotopic (exact) mass is 394 g/mol. The topological polar surface area (TPSA) is 69.7 Å². The van der Waals surface area contributed by atoms with Crippen LogP contribution in [0, 0.1) is 12.3 Å². The summed E-state index contributed by atoms with van der Waals surface area (Å²) in [5.41, 5.74) is 0.628. The van der Waals surface area contributed by atoms with Crippen LogP contribution in [0.1, 0.15) is 10.4 Å². The average Bonchev–Trinajstić information content (AvgIpc) is 2.64. The molecule has 8 heteroatoms. The molecule has 1 amide bonds. The standard InChI is InChI=1S/C18H16Cl2N2O4/c1-3-6-25-7-8-26-16-9-12(4-5-15(16)24-2)18(23)22-17-13(19)10-21-11-14(17)20/h1,4-5,9-11H,6-8H2,2H3,(H,21,22,23). The van der Waals surface area contributed by atoms with E-state index >= 15 is 0 Å². The first-order chi connectivity index (χ1) is 12.6. The third-order valence-corrected chi connectivity index (χ3v) is 3.76. The Morgan fingerprint density at radius 1 is 1.23 bits per heavy atom. The largest absolute Gasteiger partial charge is 0.493 e. The smallest absolute Gasteiger partial charge is 0.255 e. The highest BCUT2D eigenvalue weighted by Crippen LogP contribution is 2.31. The van der Waals surface area contributed by atoms with Crippen LogP contribution in [-0.4, -0.2) is 37.8 Å². The molecule has 0 spiro atoms. The van der Waals surface area contributed by atoms with E-state index in [4.69, 9.17) is 43.8 Å². The number of hydrogen-bond acceptors (Lipinski definition) is 5. The Morgan fingerprint density at radius 3 is 2.62 bits per heavy atom. The molecule has 2 rings (SSSR count). The van der Waals surface area contributed by atoms with Gasteiger partial charge in [0.15, 0.2) is 11.5 Å². The Kier molecular flexibility index (Phi) is 7.54. The van der Waals surface area contributed by atoms with Gasteiger partial charge in [-0.2, -0.15) is 0 Å². The predicted octanol–water partition coefficient (Wildman–Crippen LogP) is 3.68. The Hall–Kier alpha value is -2.46. The van der Waals surface area contributed by atoms with Crippen molar-refractivity contribution in [1.82, 2.24) is 4.98 Å². The van der Waals surface area contributed by atoms with Crippen LogP contribution >= 0.6 is 23.2 Å². The number of terminal acetylenes is 1. The summed E-state index contributed by atoms with van der Waals surface area (Å²) in [6, 6.07) is 4.78. The van der Waals surface area contributed by atoms with Crippen molar-refractivity contribution in [2.45, 2.75) is 0 Å². The van der Waals surface area contributed by atoms with E-state index in [1.807, 2.05) is 0 Å². The van der Waals surface area contributed by atoms with E-state index in [2.05, 4.69) is 16.2 Å². The second-order valence-corrected chi connectivity index (χ2v) is 5.72. The fourth-order valence-electron chi connectivity index (χ4n) is 1.99. The second-order valence-electron chi connectivity index (χ2n) is 4.90. The fraction of sp³-hybridized carbons (Fsp3) is 0.222. The van der Waals surface area contributed by atoms with E-state index in [0.29, 0.717) is 23.7 Å². The zero-order chi connectivity index (χ0) is 18.9. The van der Waals surface area contributed by atoms with Gasteiger partial charge < -0.3 is 19.5 Å². The number of carbonyl (C=O) groups is 1. The zero-order valence-corrected chi connectivity index (χ0v) is 15.4. The predicted molar refractivity (Wildman–Crippen MR) is 100 cm³/mol. The molecule has 136 valence electrons. The van der Waals surface area contributed by atoms with Gasteiger partial charge in [0.05, 0.1) is 29.4 Å². The van der Waals surface area contributed by atoms with Crippen LogP contribution in [0.4, 0.5) is 5.69 Å². The van der Waals surface area contributed by atoms with E-state index < -0.39 is 5.91 Å². The number of rotatable bonds is 8. The van der Waals surface area contributed by atoms with Crippen LogP contribution in [0.5, 0.6) is 11.5 Å². The van der Waals surface area contributed by atoms with E-state index in [9.17, 15) is 4.79 Å². The highest BCUT2D eigenvalue weighted by Gasteiger charge is 2.15. The number of methoxy groups -OCH3 is 1. The summed E-state index contributed by atoms with van der Waals surface area (Å²) in [5.74, 6) is 2.84. The Bertz CT molecular complexity index is 801. The molecule has 26 heavy (non-hydrogen) atoms. The zero-order valence-electron chi connectivity index (χ0n) is 13.9. The van der Waals surface area contributed by atoms with E-state index in [1.165, 1.54) is 19.5 Å². The first-order valence-corrected chi connectivity index (χ1v) is 8.24. The number of halogens is 2. The number of benzene rings is 1. The lowest BCUT2D eigenvalue weighted by molar-refractivity contribution is 0.102. The number of ether oxygens (including phenoxy) is 3. The fourth-order valence-corrected chi connectivity index (χ4v) is 2.45.